The normalized spacial score (nSPS) is 10.8. The number of pyridine rings is 1. The lowest BCUT2D eigenvalue weighted by Gasteiger charge is -2.04. The highest BCUT2D eigenvalue weighted by Gasteiger charge is 2.16. The van der Waals surface area contributed by atoms with Gasteiger partial charge in [0.2, 0.25) is 0 Å². The fourth-order valence-corrected chi connectivity index (χ4v) is 2.13. The summed E-state index contributed by atoms with van der Waals surface area (Å²) in [5.41, 5.74) is 2.15. The Morgan fingerprint density at radius 2 is 2.14 bits per heavy atom. The highest BCUT2D eigenvalue weighted by atomic mass is 19.1. The second-order valence-corrected chi connectivity index (χ2v) is 4.86. The summed E-state index contributed by atoms with van der Waals surface area (Å²) in [6.45, 7) is 1.98. The maximum atomic E-state index is 13.2. The molecule has 6 nitrogen and oxygen atoms in total. The molecule has 112 valence electrons. The molecule has 1 aromatic carbocycles. The highest BCUT2D eigenvalue weighted by Crippen LogP contribution is 2.28. The fraction of sp³-hybridized carbons (Fsp3) is 0.133. The van der Waals surface area contributed by atoms with Crippen molar-refractivity contribution in [3.05, 3.63) is 69.9 Å². The van der Waals surface area contributed by atoms with Crippen molar-refractivity contribution in [2.75, 3.05) is 0 Å². The molecule has 3 rings (SSSR count). The number of aromatic nitrogens is 2. The van der Waals surface area contributed by atoms with Crippen LogP contribution in [0.1, 0.15) is 11.3 Å². The Kier molecular flexibility index (Phi) is 3.46. The van der Waals surface area contributed by atoms with Gasteiger partial charge in [-0.15, -0.1) is 0 Å². The third-order valence-corrected chi connectivity index (χ3v) is 3.14. The van der Waals surface area contributed by atoms with Crippen molar-refractivity contribution in [2.45, 2.75) is 13.5 Å². The average molecular weight is 301 g/mol. The van der Waals surface area contributed by atoms with E-state index in [0.29, 0.717) is 5.69 Å². The van der Waals surface area contributed by atoms with Crippen LogP contribution < -0.4 is 4.74 Å². The van der Waals surface area contributed by atoms with Crippen molar-refractivity contribution in [3.63, 3.8) is 0 Å². The number of halogens is 1. The largest absolute Gasteiger partial charge is 0.480 e. The molecule has 0 aliphatic rings. The maximum Gasteiger partial charge on any atom is 0.311 e. The van der Waals surface area contributed by atoms with Crippen LogP contribution in [0.4, 0.5) is 10.1 Å². The van der Waals surface area contributed by atoms with Gasteiger partial charge in [0.25, 0.3) is 0 Å². The Hall–Kier alpha value is -2.96. The van der Waals surface area contributed by atoms with Gasteiger partial charge in [-0.2, -0.15) is 0 Å². The number of imidazole rings is 1. The molecular weight excluding hydrogens is 289 g/mol. The molecule has 2 heterocycles. The van der Waals surface area contributed by atoms with E-state index in [1.165, 1.54) is 0 Å². The molecule has 0 bridgehead atoms. The Morgan fingerprint density at radius 3 is 2.91 bits per heavy atom. The van der Waals surface area contributed by atoms with Crippen LogP contribution in [0.2, 0.25) is 0 Å². The topological polar surface area (TPSA) is 69.7 Å². The number of nitrogens with zero attached hydrogens (tertiary/aromatic N) is 3. The van der Waals surface area contributed by atoms with Crippen molar-refractivity contribution in [2.24, 2.45) is 0 Å². The van der Waals surface area contributed by atoms with Crippen LogP contribution in [0.3, 0.4) is 0 Å². The summed E-state index contributed by atoms with van der Waals surface area (Å²) in [6, 6.07) is 6.91. The van der Waals surface area contributed by atoms with Crippen LogP contribution in [0.5, 0.6) is 5.75 Å². The first-order chi connectivity index (χ1) is 10.5. The van der Waals surface area contributed by atoms with Crippen LogP contribution in [0.15, 0.2) is 42.7 Å². The fourth-order valence-electron chi connectivity index (χ4n) is 2.13. The van der Waals surface area contributed by atoms with Crippen molar-refractivity contribution >= 4 is 11.3 Å². The van der Waals surface area contributed by atoms with Gasteiger partial charge in [0.1, 0.15) is 18.1 Å². The van der Waals surface area contributed by atoms with E-state index in [1.54, 1.807) is 6.20 Å². The van der Waals surface area contributed by atoms with Crippen molar-refractivity contribution in [3.8, 4) is 5.75 Å². The number of nitro groups is 1. The second-order valence-electron chi connectivity index (χ2n) is 4.86. The predicted octanol–water partition coefficient (Wildman–Crippen LogP) is 3.27. The van der Waals surface area contributed by atoms with Crippen LogP contribution in [0.25, 0.3) is 5.65 Å². The zero-order valence-corrected chi connectivity index (χ0v) is 11.7. The SMILES string of the molecule is Cc1ccc2nc(COc3cc(F)ccc3[N+](=O)[O-])cn2c1. The van der Waals surface area contributed by atoms with Gasteiger partial charge in [-0.3, -0.25) is 10.1 Å². The van der Waals surface area contributed by atoms with E-state index in [2.05, 4.69) is 4.98 Å². The molecule has 0 spiro atoms. The summed E-state index contributed by atoms with van der Waals surface area (Å²) in [6.07, 6.45) is 3.68. The Bertz CT molecular complexity index is 860. The van der Waals surface area contributed by atoms with Crippen LogP contribution >= 0.6 is 0 Å². The van der Waals surface area contributed by atoms with Gasteiger partial charge < -0.3 is 9.14 Å². The molecule has 0 N–H and O–H groups in total. The van der Waals surface area contributed by atoms with E-state index < -0.39 is 10.7 Å². The first-order valence-electron chi connectivity index (χ1n) is 6.54. The summed E-state index contributed by atoms with van der Waals surface area (Å²) < 4.78 is 20.4. The zero-order valence-electron chi connectivity index (χ0n) is 11.7. The molecule has 0 saturated heterocycles. The zero-order chi connectivity index (χ0) is 15.7. The van der Waals surface area contributed by atoms with Gasteiger partial charge in [0, 0.05) is 24.5 Å². The molecule has 0 fully saturated rings. The number of aryl methyl sites for hydroxylation is 1. The van der Waals surface area contributed by atoms with Gasteiger partial charge in [-0.05, 0) is 24.6 Å². The summed E-state index contributed by atoms with van der Waals surface area (Å²) in [5.74, 6) is -0.704. The van der Waals surface area contributed by atoms with Gasteiger partial charge >= 0.3 is 5.69 Å². The van der Waals surface area contributed by atoms with Crippen molar-refractivity contribution < 1.29 is 14.1 Å². The lowest BCUT2D eigenvalue weighted by atomic mass is 10.3. The third-order valence-electron chi connectivity index (χ3n) is 3.14. The van der Waals surface area contributed by atoms with Gasteiger partial charge in [0.05, 0.1) is 10.6 Å². The van der Waals surface area contributed by atoms with E-state index >= 15 is 0 Å². The highest BCUT2D eigenvalue weighted by molar-refractivity contribution is 5.46. The van der Waals surface area contributed by atoms with E-state index in [-0.39, 0.29) is 18.0 Å². The lowest BCUT2D eigenvalue weighted by molar-refractivity contribution is -0.386. The summed E-state index contributed by atoms with van der Waals surface area (Å²) in [4.78, 5) is 14.6. The van der Waals surface area contributed by atoms with E-state index in [1.807, 2.05) is 29.7 Å². The molecule has 7 heteroatoms. The minimum Gasteiger partial charge on any atom is -0.480 e. The van der Waals surface area contributed by atoms with Crippen LogP contribution in [0, 0.1) is 22.9 Å². The third kappa shape index (κ3) is 2.73. The molecule has 0 aliphatic heterocycles. The number of ether oxygens (including phenoxy) is 1. The smallest absolute Gasteiger partial charge is 0.311 e. The predicted molar refractivity (Wildman–Crippen MR) is 77.3 cm³/mol. The number of hydrogen-bond donors (Lipinski definition) is 0. The number of benzene rings is 1. The first kappa shape index (κ1) is 14.0. The van der Waals surface area contributed by atoms with E-state index in [0.717, 1.165) is 29.4 Å². The summed E-state index contributed by atoms with van der Waals surface area (Å²) in [7, 11) is 0. The standard InChI is InChI=1S/C15H12FN3O3/c1-10-2-5-15-17-12(8-18(15)7-10)9-22-14-6-11(16)3-4-13(14)19(20)21/h2-8H,9H2,1H3. The number of hydrogen-bond acceptors (Lipinski definition) is 4. The van der Waals surface area contributed by atoms with Crippen LogP contribution in [-0.4, -0.2) is 14.3 Å². The Morgan fingerprint density at radius 1 is 1.32 bits per heavy atom. The second kappa shape index (κ2) is 5.44. The number of fused-ring (bicyclic) bond motifs is 1. The molecule has 0 unspecified atom stereocenters. The molecule has 0 radical (unpaired) electrons. The summed E-state index contributed by atoms with van der Waals surface area (Å²) >= 11 is 0. The van der Waals surface area contributed by atoms with Gasteiger partial charge in [-0.25, -0.2) is 9.37 Å². The monoisotopic (exact) mass is 301 g/mol. The average Bonchev–Trinajstić information content (AvgIpc) is 2.86. The lowest BCUT2D eigenvalue weighted by Crippen LogP contribution is -2.00. The number of rotatable bonds is 4. The molecular formula is C15H12FN3O3. The molecule has 22 heavy (non-hydrogen) atoms. The Labute approximate surface area is 124 Å². The Balaban J connectivity index is 1.84. The van der Waals surface area contributed by atoms with Crippen LogP contribution in [-0.2, 0) is 6.61 Å². The van der Waals surface area contributed by atoms with Crippen molar-refractivity contribution in [1.82, 2.24) is 9.38 Å². The van der Waals surface area contributed by atoms with Gasteiger partial charge in [-0.1, -0.05) is 6.07 Å². The van der Waals surface area contributed by atoms with Crippen molar-refractivity contribution in [1.29, 1.82) is 0 Å². The first-order valence-corrected chi connectivity index (χ1v) is 6.54. The van der Waals surface area contributed by atoms with E-state index in [9.17, 15) is 14.5 Å². The minimum atomic E-state index is -0.609. The molecule has 0 aliphatic carbocycles. The quantitative estimate of drug-likeness (QED) is 0.548. The minimum absolute atomic E-state index is 0.0189. The number of nitro benzene ring substituents is 1. The maximum absolute atomic E-state index is 13.2. The molecule has 0 amide bonds. The molecule has 0 saturated carbocycles. The van der Waals surface area contributed by atoms with Gasteiger partial charge in [0.15, 0.2) is 5.75 Å². The molecule has 3 aromatic rings. The van der Waals surface area contributed by atoms with E-state index in [4.69, 9.17) is 4.74 Å². The molecule has 0 atom stereocenters. The molecule has 2 aromatic heterocycles. The summed E-state index contributed by atoms with van der Waals surface area (Å²) in [5, 5.41) is 10.9.